The molecule has 13 heteroatoms. The number of hydrogen-bond acceptors (Lipinski definition) is 8. The Kier molecular flexibility index (Phi) is 13.0. The number of nitrogens with zero attached hydrogens (tertiary/aromatic N) is 2. The number of ether oxygens (including phenoxy) is 1. The zero-order valence-corrected chi connectivity index (χ0v) is 28.1. The van der Waals surface area contributed by atoms with Gasteiger partial charge in [0.1, 0.15) is 23.7 Å². The maximum absolute atomic E-state index is 14.4. The van der Waals surface area contributed by atoms with E-state index >= 15 is 0 Å². The number of halogens is 1. The number of aromatic nitrogens is 1. The third-order valence-corrected chi connectivity index (χ3v) is 8.01. The summed E-state index contributed by atoms with van der Waals surface area (Å²) >= 11 is 0. The molecule has 4 rings (SSSR count). The lowest BCUT2D eigenvalue weighted by atomic mass is 9.97. The van der Waals surface area contributed by atoms with Gasteiger partial charge in [0.15, 0.2) is 5.69 Å². The van der Waals surface area contributed by atoms with E-state index in [4.69, 9.17) is 15.0 Å². The number of amides is 4. The summed E-state index contributed by atoms with van der Waals surface area (Å²) in [6.45, 7) is 3.42. The van der Waals surface area contributed by atoms with Gasteiger partial charge in [-0.15, -0.1) is 0 Å². The van der Waals surface area contributed by atoms with Gasteiger partial charge in [-0.1, -0.05) is 65.8 Å². The summed E-state index contributed by atoms with van der Waals surface area (Å²) in [5, 5.41) is 11.2. The van der Waals surface area contributed by atoms with E-state index in [1.165, 1.54) is 48.4 Å². The highest BCUT2D eigenvalue weighted by Crippen LogP contribution is 2.21. The Hall–Kier alpha value is -5.85. The molecule has 0 bridgehead atoms. The molecule has 1 heterocycles. The Morgan fingerprint density at radius 3 is 2.40 bits per heavy atom. The van der Waals surface area contributed by atoms with Crippen LogP contribution in [-0.2, 0) is 36.8 Å². The zero-order valence-electron chi connectivity index (χ0n) is 28.1. The van der Waals surface area contributed by atoms with Crippen LogP contribution in [0.4, 0.5) is 4.39 Å². The van der Waals surface area contributed by atoms with Crippen LogP contribution >= 0.6 is 0 Å². The molecular formula is C37H40FN5O7. The molecule has 0 aliphatic heterocycles. The lowest BCUT2D eigenvalue weighted by Crippen LogP contribution is -2.56. The largest absolute Gasteiger partial charge is 0.463 e. The molecule has 1 aromatic heterocycles. The second-order valence-corrected chi connectivity index (χ2v) is 11.7. The lowest BCUT2D eigenvalue weighted by molar-refractivity contribution is -0.140. The van der Waals surface area contributed by atoms with E-state index in [2.05, 4.69) is 15.8 Å². The molecule has 0 aliphatic carbocycles. The van der Waals surface area contributed by atoms with E-state index in [1.807, 2.05) is 42.5 Å². The van der Waals surface area contributed by atoms with Crippen molar-refractivity contribution < 1.29 is 37.6 Å². The molecule has 0 radical (unpaired) electrons. The first-order valence-corrected chi connectivity index (χ1v) is 16.1. The predicted molar refractivity (Wildman–Crippen MR) is 183 cm³/mol. The van der Waals surface area contributed by atoms with Crippen molar-refractivity contribution in [3.05, 3.63) is 113 Å². The number of primary amides is 1. The van der Waals surface area contributed by atoms with Crippen molar-refractivity contribution in [1.29, 1.82) is 0 Å². The monoisotopic (exact) mass is 685 g/mol. The molecule has 0 saturated carbocycles. The van der Waals surface area contributed by atoms with Gasteiger partial charge >= 0.3 is 5.97 Å². The molecular weight excluding hydrogens is 645 g/mol. The molecule has 4 amide bonds. The minimum atomic E-state index is -1.18. The van der Waals surface area contributed by atoms with Crippen molar-refractivity contribution >= 4 is 40.4 Å². The highest BCUT2D eigenvalue weighted by molar-refractivity contribution is 5.98. The molecule has 0 fully saturated rings. The van der Waals surface area contributed by atoms with Crippen molar-refractivity contribution in [3.8, 4) is 0 Å². The number of benzene rings is 3. The van der Waals surface area contributed by atoms with E-state index in [1.54, 1.807) is 13.8 Å². The smallest absolute Gasteiger partial charge is 0.330 e. The van der Waals surface area contributed by atoms with Gasteiger partial charge in [-0.05, 0) is 54.3 Å². The number of aryl methyl sites for hydroxylation is 1. The van der Waals surface area contributed by atoms with Crippen LogP contribution in [0.2, 0.25) is 0 Å². The van der Waals surface area contributed by atoms with E-state index in [0.29, 0.717) is 11.3 Å². The van der Waals surface area contributed by atoms with Crippen LogP contribution in [0.5, 0.6) is 0 Å². The molecule has 4 N–H and O–H groups in total. The minimum Gasteiger partial charge on any atom is -0.463 e. The molecule has 50 heavy (non-hydrogen) atoms. The van der Waals surface area contributed by atoms with Gasteiger partial charge in [0.05, 0.1) is 6.61 Å². The van der Waals surface area contributed by atoms with Crippen LogP contribution < -0.4 is 16.4 Å². The number of carbonyl (C=O) groups is 5. The summed E-state index contributed by atoms with van der Waals surface area (Å²) in [6.07, 6.45) is 2.53. The molecule has 3 aromatic carbocycles. The van der Waals surface area contributed by atoms with Gasteiger partial charge < -0.3 is 30.5 Å². The second-order valence-electron chi connectivity index (χ2n) is 11.7. The van der Waals surface area contributed by atoms with E-state index in [9.17, 15) is 28.4 Å². The molecule has 0 spiro atoms. The normalized spacial score (nSPS) is 13.0. The van der Waals surface area contributed by atoms with Crippen LogP contribution in [-0.4, -0.2) is 71.4 Å². The van der Waals surface area contributed by atoms with Crippen LogP contribution in [0.25, 0.3) is 10.8 Å². The van der Waals surface area contributed by atoms with Crippen molar-refractivity contribution in [2.75, 3.05) is 13.7 Å². The molecule has 262 valence electrons. The highest BCUT2D eigenvalue weighted by atomic mass is 19.1. The van der Waals surface area contributed by atoms with Gasteiger partial charge in [-0.2, -0.15) is 0 Å². The van der Waals surface area contributed by atoms with Crippen molar-refractivity contribution in [1.82, 2.24) is 20.7 Å². The molecule has 3 atom stereocenters. The van der Waals surface area contributed by atoms with Gasteiger partial charge in [0.2, 0.25) is 17.7 Å². The number of fused-ring (bicyclic) bond motifs is 1. The molecule has 12 nitrogen and oxygen atoms in total. The van der Waals surface area contributed by atoms with Gasteiger partial charge in [0, 0.05) is 44.5 Å². The van der Waals surface area contributed by atoms with E-state index < -0.39 is 53.5 Å². The number of carbonyl (C=O) groups excluding carboxylic acids is 5. The van der Waals surface area contributed by atoms with Crippen LogP contribution in [0.1, 0.15) is 47.1 Å². The number of nitrogens with one attached hydrogen (secondary N) is 2. The summed E-state index contributed by atoms with van der Waals surface area (Å²) in [5.41, 5.74) is 6.66. The van der Waals surface area contributed by atoms with E-state index in [-0.39, 0.29) is 38.0 Å². The minimum absolute atomic E-state index is 0.0212. The van der Waals surface area contributed by atoms with Crippen LogP contribution in [0.3, 0.4) is 0 Å². The lowest BCUT2D eigenvalue weighted by Gasteiger charge is -2.32. The number of esters is 1. The van der Waals surface area contributed by atoms with Crippen molar-refractivity contribution in [2.45, 2.75) is 57.7 Å². The van der Waals surface area contributed by atoms with Gasteiger partial charge in [0.25, 0.3) is 5.91 Å². The Morgan fingerprint density at radius 2 is 1.72 bits per heavy atom. The average Bonchev–Trinajstić information content (AvgIpc) is 3.54. The fourth-order valence-electron chi connectivity index (χ4n) is 5.42. The van der Waals surface area contributed by atoms with Crippen LogP contribution in [0.15, 0.2) is 89.5 Å². The number of hydrogen-bond donors (Lipinski definition) is 3. The van der Waals surface area contributed by atoms with Crippen molar-refractivity contribution in [3.63, 3.8) is 0 Å². The standard InChI is InChI=1S/C37H40FN5O7/c1-4-49-34(45)19-17-28(16-18-33(39)44)40-36(47)32(21-24-12-14-27(38)15-13-24)43(3)37(48)31(41-35(46)30-20-23(2)50-42-30)22-26-10-7-9-25-8-5-6-11-29(25)26/h5-15,17,19-20,28,31-32H,4,16,18,21-22H2,1-3H3,(H2,39,44)(H,40,47)(H,41,46)/t28-,31-,32-/m0/s1. The third kappa shape index (κ3) is 10.3. The van der Waals surface area contributed by atoms with Crippen LogP contribution in [0, 0.1) is 12.7 Å². The predicted octanol–water partition coefficient (Wildman–Crippen LogP) is 3.56. The van der Waals surface area contributed by atoms with Gasteiger partial charge in [-0.25, -0.2) is 9.18 Å². The molecule has 0 aliphatic rings. The van der Waals surface area contributed by atoms with E-state index in [0.717, 1.165) is 22.4 Å². The maximum atomic E-state index is 14.4. The number of likely N-dealkylation sites (N-methyl/N-ethyl adjacent to an activating group) is 1. The Morgan fingerprint density at radius 1 is 1.00 bits per heavy atom. The first-order chi connectivity index (χ1) is 23.9. The Balaban J connectivity index is 1.68. The fourth-order valence-corrected chi connectivity index (χ4v) is 5.42. The molecule has 0 saturated heterocycles. The van der Waals surface area contributed by atoms with Gasteiger partial charge in [-0.3, -0.25) is 19.2 Å². The first-order valence-electron chi connectivity index (χ1n) is 16.1. The molecule has 4 aromatic rings. The summed E-state index contributed by atoms with van der Waals surface area (Å²) < 4.78 is 23.8. The number of rotatable bonds is 16. The third-order valence-electron chi connectivity index (χ3n) is 8.01. The quantitative estimate of drug-likeness (QED) is 0.119. The number of nitrogens with two attached hydrogens (primary N) is 1. The van der Waals surface area contributed by atoms with Crippen molar-refractivity contribution in [2.24, 2.45) is 5.73 Å². The summed E-state index contributed by atoms with van der Waals surface area (Å²) in [7, 11) is 1.44. The zero-order chi connectivity index (χ0) is 36.2. The SMILES string of the molecule is CCOC(=O)C=C[C@H](CCC(N)=O)NC(=O)[C@H](Cc1ccc(F)cc1)N(C)C(=O)[C@H](Cc1cccc2ccccc12)NC(=O)c1cc(C)on1. The highest BCUT2D eigenvalue weighted by Gasteiger charge is 2.34. The molecule has 0 unspecified atom stereocenters. The maximum Gasteiger partial charge on any atom is 0.330 e. The summed E-state index contributed by atoms with van der Waals surface area (Å²) in [4.78, 5) is 66.6. The average molecular weight is 686 g/mol. The topological polar surface area (TPSA) is 174 Å². The summed E-state index contributed by atoms with van der Waals surface area (Å²) in [6, 6.07) is 17.0. The Labute approximate surface area is 288 Å². The fraction of sp³-hybridized carbons (Fsp3) is 0.297. The Bertz CT molecular complexity index is 1850. The first kappa shape index (κ1) is 37.0. The second kappa shape index (κ2) is 17.5. The summed E-state index contributed by atoms with van der Waals surface area (Å²) in [5.74, 6) is -3.20.